The Morgan fingerprint density at radius 1 is 0.818 bits per heavy atom. The fraction of sp³-hybridized carbons (Fsp3) is 0.0526. The van der Waals surface area contributed by atoms with E-state index in [0.717, 1.165) is 6.42 Å². The van der Waals surface area contributed by atoms with Gasteiger partial charge in [-0.1, -0.05) is 36.4 Å². The molecule has 0 unspecified atom stereocenters. The normalized spacial score (nSPS) is 10.5. The molecule has 3 aromatic rings. The molecule has 0 aliphatic heterocycles. The summed E-state index contributed by atoms with van der Waals surface area (Å²) in [6, 6.07) is 19.3. The molecule has 0 aromatic heterocycles. The Morgan fingerprint density at radius 2 is 1.32 bits per heavy atom. The predicted molar refractivity (Wildman–Crippen MR) is 85.0 cm³/mol. The van der Waals surface area contributed by atoms with E-state index >= 15 is 0 Å². The van der Waals surface area contributed by atoms with Crippen molar-refractivity contribution in [1.82, 2.24) is 0 Å². The first-order valence-electron chi connectivity index (χ1n) is 6.20. The fourth-order valence-electron chi connectivity index (χ4n) is 2.24. The minimum Gasteiger partial charge on any atom is -1.00 e. The Morgan fingerprint density at radius 3 is 1.68 bits per heavy atom. The number of allylic oxidation sites excluding steroid dienone is 4. The summed E-state index contributed by atoms with van der Waals surface area (Å²) in [6.07, 6.45) is 10.0. The van der Waals surface area contributed by atoms with Crippen LogP contribution in [-0.4, -0.2) is 0 Å². The Bertz CT molecular complexity index is 666. The van der Waals surface area contributed by atoms with E-state index in [1.807, 2.05) is 12.2 Å². The van der Waals surface area contributed by atoms with Crippen molar-refractivity contribution < 1.29 is 51.0 Å². The van der Waals surface area contributed by atoms with Gasteiger partial charge in [0, 0.05) is 0 Å². The van der Waals surface area contributed by atoms with E-state index in [0.29, 0.717) is 0 Å². The molecule has 1 aliphatic carbocycles. The van der Waals surface area contributed by atoms with Crippen LogP contribution in [0.1, 0.15) is 6.42 Å². The van der Waals surface area contributed by atoms with Crippen LogP contribution in [0.25, 0.3) is 21.5 Å². The van der Waals surface area contributed by atoms with Gasteiger partial charge < -0.3 is 32.2 Å². The van der Waals surface area contributed by atoms with Crippen molar-refractivity contribution in [2.24, 2.45) is 0 Å². The van der Waals surface area contributed by atoms with Crippen molar-refractivity contribution in [1.29, 1.82) is 0 Å². The predicted octanol–water partition coefficient (Wildman–Crippen LogP) is -0.527. The average molecular weight is 407 g/mol. The summed E-state index contributed by atoms with van der Waals surface area (Å²) in [6.45, 7) is 0. The molecule has 3 aromatic carbocycles. The molecule has 22 heavy (non-hydrogen) atoms. The van der Waals surface area contributed by atoms with Crippen LogP contribution < -0.4 is 24.8 Å². The molecule has 0 nitrogen and oxygen atoms in total. The molecule has 1 aliphatic rings. The first-order chi connectivity index (χ1) is 8.95. The topological polar surface area (TPSA) is 0 Å². The average Bonchev–Trinajstić information content (AvgIpc) is 3.10. The van der Waals surface area contributed by atoms with Gasteiger partial charge in [0.25, 0.3) is 0 Å². The largest absolute Gasteiger partial charge is 2.00 e. The van der Waals surface area contributed by atoms with Crippen molar-refractivity contribution in [2.45, 2.75) is 6.42 Å². The van der Waals surface area contributed by atoms with Crippen LogP contribution in [0.4, 0.5) is 0 Å². The molecule has 0 bridgehead atoms. The van der Waals surface area contributed by atoms with Gasteiger partial charge in [-0.15, -0.1) is 46.2 Å². The van der Waals surface area contributed by atoms with E-state index in [1.165, 1.54) is 21.5 Å². The summed E-state index contributed by atoms with van der Waals surface area (Å²) >= 11 is 0. The van der Waals surface area contributed by atoms with Gasteiger partial charge in [-0.05, 0) is 0 Å². The number of hydrogen-bond acceptors (Lipinski definition) is 0. The number of halogens is 2. The third-order valence-electron chi connectivity index (χ3n) is 3.11. The SMILES string of the molecule is [C-]1=CC=CC1.[CH3-].[Cl-].[Cl-].[Zr+2].c1ccc2c(c1)[cH-]c1ccccc12. The number of benzene rings is 2. The van der Waals surface area contributed by atoms with Gasteiger partial charge >= 0.3 is 26.2 Å². The Balaban J connectivity index is 0. The fourth-order valence-corrected chi connectivity index (χ4v) is 2.24. The molecule has 3 heteroatoms. The van der Waals surface area contributed by atoms with Crippen molar-refractivity contribution >= 4 is 21.5 Å². The molecule has 0 fully saturated rings. The Kier molecular flexibility index (Phi) is 12.6. The Hall–Kier alpha value is -0.747. The van der Waals surface area contributed by atoms with Gasteiger partial charge in [-0.3, -0.25) is 6.08 Å². The molecular formula is C19H17Cl2Zr-3. The standard InChI is InChI=1S/C13H9.C5H5.CH3.2ClH.Zr/c1-3-7-12-10(5-1)9-11-6-2-4-8-13(11)12;1-2-4-5-3-1;;;;/h1-9H;1-3H,4H2;1H3;2*1H;/q3*-1;;;+2/p-2. The van der Waals surface area contributed by atoms with E-state index in [1.54, 1.807) is 0 Å². The third-order valence-corrected chi connectivity index (χ3v) is 3.11. The molecule has 0 heterocycles. The maximum Gasteiger partial charge on any atom is 2.00 e. The van der Waals surface area contributed by atoms with Gasteiger partial charge in [0.2, 0.25) is 0 Å². The van der Waals surface area contributed by atoms with Crippen molar-refractivity contribution in [3.63, 3.8) is 0 Å². The monoisotopic (exact) mass is 405 g/mol. The zero-order chi connectivity index (χ0) is 12.2. The summed E-state index contributed by atoms with van der Waals surface area (Å²) in [4.78, 5) is 0. The summed E-state index contributed by atoms with van der Waals surface area (Å²) < 4.78 is 0. The van der Waals surface area contributed by atoms with E-state index in [4.69, 9.17) is 0 Å². The van der Waals surface area contributed by atoms with Gasteiger partial charge in [-0.25, -0.2) is 12.2 Å². The maximum absolute atomic E-state index is 2.99. The van der Waals surface area contributed by atoms with Gasteiger partial charge in [-0.2, -0.15) is 6.08 Å². The van der Waals surface area contributed by atoms with Crippen LogP contribution in [0.15, 0.2) is 72.8 Å². The van der Waals surface area contributed by atoms with Crippen LogP contribution in [0.5, 0.6) is 0 Å². The second-order valence-corrected chi connectivity index (χ2v) is 4.32. The zero-order valence-electron chi connectivity index (χ0n) is 12.4. The van der Waals surface area contributed by atoms with Crippen molar-refractivity contribution in [2.75, 3.05) is 0 Å². The van der Waals surface area contributed by atoms with E-state index in [-0.39, 0.29) is 58.4 Å². The van der Waals surface area contributed by atoms with Crippen LogP contribution in [0.3, 0.4) is 0 Å². The minimum absolute atomic E-state index is 0. The van der Waals surface area contributed by atoms with Crippen LogP contribution >= 0.6 is 0 Å². The molecule has 0 saturated heterocycles. The van der Waals surface area contributed by atoms with E-state index < -0.39 is 0 Å². The van der Waals surface area contributed by atoms with Crippen LogP contribution in [0, 0.1) is 13.5 Å². The third kappa shape index (κ3) is 5.47. The number of hydrogen-bond donors (Lipinski definition) is 0. The van der Waals surface area contributed by atoms with Gasteiger partial charge in [0.05, 0.1) is 0 Å². The molecular weight excluding hydrogens is 390 g/mol. The van der Waals surface area contributed by atoms with Gasteiger partial charge in [0.1, 0.15) is 0 Å². The maximum atomic E-state index is 2.99. The second kappa shape index (κ2) is 11.8. The molecule has 0 spiro atoms. The van der Waals surface area contributed by atoms with Crippen LogP contribution in [-0.2, 0) is 26.2 Å². The first kappa shape index (κ1) is 23.5. The van der Waals surface area contributed by atoms with Crippen LogP contribution in [0.2, 0.25) is 0 Å². The smallest absolute Gasteiger partial charge is 1.00 e. The molecule has 114 valence electrons. The summed E-state index contributed by atoms with van der Waals surface area (Å²) in [5.74, 6) is 0. The van der Waals surface area contributed by atoms with E-state index in [2.05, 4.69) is 66.7 Å². The molecule has 0 saturated carbocycles. The summed E-state index contributed by atoms with van der Waals surface area (Å²) in [5, 5.41) is 5.39. The number of fused-ring (bicyclic) bond motifs is 3. The molecule has 0 atom stereocenters. The quantitative estimate of drug-likeness (QED) is 0.440. The molecule has 4 rings (SSSR count). The van der Waals surface area contributed by atoms with E-state index in [9.17, 15) is 0 Å². The first-order valence-corrected chi connectivity index (χ1v) is 6.20. The summed E-state index contributed by atoms with van der Waals surface area (Å²) in [7, 11) is 0. The molecule has 0 radical (unpaired) electrons. The zero-order valence-corrected chi connectivity index (χ0v) is 16.4. The van der Waals surface area contributed by atoms with Crippen molar-refractivity contribution in [3.8, 4) is 0 Å². The second-order valence-electron chi connectivity index (χ2n) is 4.32. The minimum atomic E-state index is 0. The van der Waals surface area contributed by atoms with Gasteiger partial charge in [0.15, 0.2) is 0 Å². The molecule has 0 amide bonds. The summed E-state index contributed by atoms with van der Waals surface area (Å²) in [5.41, 5.74) is 0. The Labute approximate surface area is 164 Å². The number of rotatable bonds is 0. The van der Waals surface area contributed by atoms with Crippen molar-refractivity contribution in [3.05, 3.63) is 86.3 Å². The molecule has 0 N–H and O–H groups in total.